The number of fused-ring (bicyclic) bond motifs is 3. The summed E-state index contributed by atoms with van der Waals surface area (Å²) in [4.78, 5) is 18.9. The summed E-state index contributed by atoms with van der Waals surface area (Å²) < 4.78 is 2.32. The molecule has 2 aliphatic rings. The Morgan fingerprint density at radius 3 is 2.68 bits per heavy atom. The van der Waals surface area contributed by atoms with Crippen LogP contribution in [0.3, 0.4) is 0 Å². The fourth-order valence-electron chi connectivity index (χ4n) is 3.63. The third-order valence-corrected chi connectivity index (χ3v) is 4.99. The maximum Gasteiger partial charge on any atom is 0.165 e. The van der Waals surface area contributed by atoms with Crippen molar-refractivity contribution in [2.45, 2.75) is 39.2 Å². The number of nitrogens with zero attached hydrogens (tertiary/aromatic N) is 6. The zero-order valence-corrected chi connectivity index (χ0v) is 13.3. The minimum Gasteiger partial charge on any atom is -0.352 e. The molecule has 4 rings (SSSR count). The van der Waals surface area contributed by atoms with Gasteiger partial charge >= 0.3 is 0 Å². The number of piperazine rings is 1. The summed E-state index contributed by atoms with van der Waals surface area (Å²) in [6.07, 6.45) is 6.54. The monoisotopic (exact) mass is 300 g/mol. The van der Waals surface area contributed by atoms with E-state index in [0.717, 1.165) is 62.7 Å². The molecule has 1 saturated heterocycles. The van der Waals surface area contributed by atoms with E-state index in [1.165, 1.54) is 25.1 Å². The SMILES string of the molecule is CCN1CCN(c2ncnc3c2nc2n3CCCCC2)CC1. The molecule has 0 spiro atoms. The summed E-state index contributed by atoms with van der Waals surface area (Å²) in [7, 11) is 0. The Hall–Kier alpha value is -1.69. The van der Waals surface area contributed by atoms with Gasteiger partial charge in [0.25, 0.3) is 0 Å². The summed E-state index contributed by atoms with van der Waals surface area (Å²) in [6.45, 7) is 8.68. The van der Waals surface area contributed by atoms with Crippen molar-refractivity contribution in [1.82, 2.24) is 24.4 Å². The van der Waals surface area contributed by atoms with Crippen molar-refractivity contribution in [2.24, 2.45) is 0 Å². The van der Waals surface area contributed by atoms with Crippen LogP contribution in [0.5, 0.6) is 0 Å². The normalized spacial score (nSPS) is 20.1. The number of hydrogen-bond acceptors (Lipinski definition) is 5. The van der Waals surface area contributed by atoms with Crippen LogP contribution in [-0.2, 0) is 13.0 Å². The van der Waals surface area contributed by atoms with Gasteiger partial charge in [0, 0.05) is 39.1 Å². The first kappa shape index (κ1) is 13.9. The molecule has 4 heterocycles. The van der Waals surface area contributed by atoms with Crippen molar-refractivity contribution < 1.29 is 0 Å². The van der Waals surface area contributed by atoms with Crippen LogP contribution < -0.4 is 4.90 Å². The van der Waals surface area contributed by atoms with E-state index < -0.39 is 0 Å². The number of likely N-dealkylation sites (N-methyl/N-ethyl adjacent to an activating group) is 1. The molecule has 0 N–H and O–H groups in total. The van der Waals surface area contributed by atoms with Crippen molar-refractivity contribution in [3.8, 4) is 0 Å². The van der Waals surface area contributed by atoms with Gasteiger partial charge in [-0.05, 0) is 19.4 Å². The van der Waals surface area contributed by atoms with Crippen molar-refractivity contribution >= 4 is 17.0 Å². The van der Waals surface area contributed by atoms with E-state index in [4.69, 9.17) is 4.98 Å². The Bertz CT molecular complexity index is 656. The number of aryl methyl sites for hydroxylation is 2. The van der Waals surface area contributed by atoms with Crippen LogP contribution in [0.25, 0.3) is 11.2 Å². The van der Waals surface area contributed by atoms with E-state index in [0.29, 0.717) is 0 Å². The highest BCUT2D eigenvalue weighted by Crippen LogP contribution is 2.26. The maximum absolute atomic E-state index is 4.91. The van der Waals surface area contributed by atoms with E-state index in [1.54, 1.807) is 6.33 Å². The second kappa shape index (κ2) is 5.83. The van der Waals surface area contributed by atoms with Crippen LogP contribution in [0.1, 0.15) is 32.0 Å². The van der Waals surface area contributed by atoms with Crippen molar-refractivity contribution in [1.29, 1.82) is 0 Å². The van der Waals surface area contributed by atoms with Crippen molar-refractivity contribution in [3.63, 3.8) is 0 Å². The summed E-state index contributed by atoms with van der Waals surface area (Å²) in [6, 6.07) is 0. The van der Waals surface area contributed by atoms with E-state index >= 15 is 0 Å². The summed E-state index contributed by atoms with van der Waals surface area (Å²) >= 11 is 0. The summed E-state index contributed by atoms with van der Waals surface area (Å²) in [5.74, 6) is 2.22. The van der Waals surface area contributed by atoms with Crippen LogP contribution in [0.2, 0.25) is 0 Å². The Kier molecular flexibility index (Phi) is 3.70. The van der Waals surface area contributed by atoms with Gasteiger partial charge in [-0.2, -0.15) is 0 Å². The molecule has 0 aromatic carbocycles. The predicted octanol–water partition coefficient (Wildman–Crippen LogP) is 1.69. The fraction of sp³-hybridized carbons (Fsp3) is 0.688. The first-order valence-corrected chi connectivity index (χ1v) is 8.54. The zero-order valence-electron chi connectivity index (χ0n) is 13.3. The second-order valence-electron chi connectivity index (χ2n) is 6.28. The van der Waals surface area contributed by atoms with E-state index in [9.17, 15) is 0 Å². The van der Waals surface area contributed by atoms with Gasteiger partial charge in [-0.1, -0.05) is 13.3 Å². The number of rotatable bonds is 2. The largest absolute Gasteiger partial charge is 0.352 e. The van der Waals surface area contributed by atoms with Crippen molar-refractivity contribution in [3.05, 3.63) is 12.2 Å². The highest BCUT2D eigenvalue weighted by atomic mass is 15.3. The Labute approximate surface area is 131 Å². The lowest BCUT2D eigenvalue weighted by Gasteiger charge is -2.34. The minimum absolute atomic E-state index is 1.00. The Balaban J connectivity index is 1.70. The van der Waals surface area contributed by atoms with Crippen LogP contribution >= 0.6 is 0 Å². The smallest absolute Gasteiger partial charge is 0.165 e. The van der Waals surface area contributed by atoms with Crippen LogP contribution in [0.4, 0.5) is 5.82 Å². The van der Waals surface area contributed by atoms with Crippen LogP contribution in [0, 0.1) is 0 Å². The standard InChI is InChI=1S/C16H24N6/c1-2-20-8-10-21(11-9-20)15-14-16(18-12-17-15)22-7-5-3-4-6-13(22)19-14/h12H,2-11H2,1H3. The van der Waals surface area contributed by atoms with Gasteiger partial charge in [-0.15, -0.1) is 0 Å². The quantitative estimate of drug-likeness (QED) is 0.845. The molecule has 0 radical (unpaired) electrons. The van der Waals surface area contributed by atoms with Gasteiger partial charge in [0.2, 0.25) is 0 Å². The molecule has 0 amide bonds. The van der Waals surface area contributed by atoms with E-state index in [2.05, 4.69) is 31.3 Å². The molecule has 0 aliphatic carbocycles. The predicted molar refractivity (Wildman–Crippen MR) is 87.2 cm³/mol. The molecule has 2 aliphatic heterocycles. The van der Waals surface area contributed by atoms with Gasteiger partial charge in [0.15, 0.2) is 17.0 Å². The summed E-state index contributed by atoms with van der Waals surface area (Å²) in [5, 5.41) is 0. The lowest BCUT2D eigenvalue weighted by atomic mass is 10.2. The van der Waals surface area contributed by atoms with Crippen molar-refractivity contribution in [2.75, 3.05) is 37.6 Å². The molecule has 0 unspecified atom stereocenters. The Morgan fingerprint density at radius 2 is 1.86 bits per heavy atom. The van der Waals surface area contributed by atoms with Gasteiger partial charge < -0.3 is 14.4 Å². The van der Waals surface area contributed by atoms with E-state index in [-0.39, 0.29) is 0 Å². The highest BCUT2D eigenvalue weighted by molar-refractivity contribution is 5.84. The molecule has 118 valence electrons. The molecule has 1 fully saturated rings. The average molecular weight is 300 g/mol. The summed E-state index contributed by atoms with van der Waals surface area (Å²) in [5.41, 5.74) is 2.03. The molecular formula is C16H24N6. The van der Waals surface area contributed by atoms with Crippen LogP contribution in [-0.4, -0.2) is 57.1 Å². The molecule has 22 heavy (non-hydrogen) atoms. The molecule has 2 aromatic heterocycles. The molecule has 2 aromatic rings. The molecule has 6 nitrogen and oxygen atoms in total. The number of aromatic nitrogens is 4. The topological polar surface area (TPSA) is 50.1 Å². The number of hydrogen-bond donors (Lipinski definition) is 0. The Morgan fingerprint density at radius 1 is 1.00 bits per heavy atom. The third kappa shape index (κ3) is 2.35. The number of imidazole rings is 1. The second-order valence-corrected chi connectivity index (χ2v) is 6.28. The molecular weight excluding hydrogens is 276 g/mol. The molecule has 0 saturated carbocycles. The molecule has 6 heteroatoms. The fourth-order valence-corrected chi connectivity index (χ4v) is 3.63. The average Bonchev–Trinajstić information content (AvgIpc) is 2.76. The van der Waals surface area contributed by atoms with Crippen LogP contribution in [0.15, 0.2) is 6.33 Å². The van der Waals surface area contributed by atoms with Gasteiger partial charge in [0.1, 0.15) is 12.2 Å². The zero-order chi connectivity index (χ0) is 14.9. The lowest BCUT2D eigenvalue weighted by Crippen LogP contribution is -2.46. The van der Waals surface area contributed by atoms with Gasteiger partial charge in [-0.3, -0.25) is 0 Å². The van der Waals surface area contributed by atoms with Gasteiger partial charge in [-0.25, -0.2) is 15.0 Å². The lowest BCUT2D eigenvalue weighted by molar-refractivity contribution is 0.270. The van der Waals surface area contributed by atoms with E-state index in [1.807, 2.05) is 0 Å². The molecule has 0 bridgehead atoms. The minimum atomic E-state index is 1.00. The van der Waals surface area contributed by atoms with Gasteiger partial charge in [0.05, 0.1) is 0 Å². The first-order valence-electron chi connectivity index (χ1n) is 8.54. The molecule has 0 atom stereocenters. The third-order valence-electron chi connectivity index (χ3n) is 4.99. The maximum atomic E-state index is 4.91. The first-order chi connectivity index (χ1) is 10.9. The highest BCUT2D eigenvalue weighted by Gasteiger charge is 2.23. The number of anilines is 1.